The number of benzene rings is 1. The van der Waals surface area contributed by atoms with Crippen molar-refractivity contribution in [2.45, 2.75) is 84.2 Å². The molecule has 4 aliphatic rings. The van der Waals surface area contributed by atoms with Gasteiger partial charge in [-0.15, -0.1) is 0 Å². The van der Waals surface area contributed by atoms with Gasteiger partial charge in [-0.05, 0) is 98.7 Å². The first-order valence-electron chi connectivity index (χ1n) is 11.7. The number of ketones is 1. The number of hydrogen-bond donors (Lipinski definition) is 1. The lowest BCUT2D eigenvalue weighted by atomic mass is 9.44. The first kappa shape index (κ1) is 20.1. The van der Waals surface area contributed by atoms with Gasteiger partial charge in [0, 0.05) is 18.9 Å². The summed E-state index contributed by atoms with van der Waals surface area (Å²) < 4.78 is 5.56. The van der Waals surface area contributed by atoms with E-state index in [4.69, 9.17) is 4.74 Å². The Morgan fingerprint density at radius 2 is 1.90 bits per heavy atom. The van der Waals surface area contributed by atoms with Crippen molar-refractivity contribution in [3.8, 4) is 5.75 Å². The molecule has 0 saturated heterocycles. The third-order valence-electron chi connectivity index (χ3n) is 9.58. The minimum absolute atomic E-state index is 0.0392. The topological polar surface area (TPSA) is 63.6 Å². The van der Waals surface area contributed by atoms with Crippen LogP contribution in [0.5, 0.6) is 5.75 Å². The zero-order valence-corrected chi connectivity index (χ0v) is 18.7. The summed E-state index contributed by atoms with van der Waals surface area (Å²) in [6.07, 6.45) is 6.74. The normalized spacial score (nSPS) is 42.0. The van der Waals surface area contributed by atoms with Crippen molar-refractivity contribution >= 4 is 11.8 Å². The largest absolute Gasteiger partial charge is 0.508 e. The predicted octanol–water partition coefficient (Wildman–Crippen LogP) is 4.87. The van der Waals surface area contributed by atoms with Crippen LogP contribution in [0.25, 0.3) is 0 Å². The van der Waals surface area contributed by atoms with Crippen LogP contribution in [0.4, 0.5) is 0 Å². The minimum atomic E-state index is -0.549. The molecule has 0 amide bonds. The Labute approximate surface area is 179 Å². The lowest BCUT2D eigenvalue weighted by Crippen LogP contribution is -2.57. The molecule has 4 aliphatic carbocycles. The van der Waals surface area contributed by atoms with Crippen molar-refractivity contribution in [2.75, 3.05) is 0 Å². The Hall–Kier alpha value is -1.84. The Balaban J connectivity index is 1.48. The molecular weight excluding hydrogens is 376 g/mol. The molecular formula is C26H34O4. The number of ether oxygens (including phenoxy) is 1. The molecule has 30 heavy (non-hydrogen) atoms. The van der Waals surface area contributed by atoms with Gasteiger partial charge in [-0.2, -0.15) is 0 Å². The van der Waals surface area contributed by atoms with Gasteiger partial charge in [-0.25, -0.2) is 0 Å². The van der Waals surface area contributed by atoms with Crippen molar-refractivity contribution in [1.29, 1.82) is 0 Å². The highest BCUT2D eigenvalue weighted by Gasteiger charge is 2.63. The van der Waals surface area contributed by atoms with E-state index in [-0.39, 0.29) is 23.4 Å². The molecule has 0 radical (unpaired) electrons. The highest BCUT2D eigenvalue weighted by atomic mass is 16.5. The van der Waals surface area contributed by atoms with Crippen LogP contribution < -0.4 is 0 Å². The molecule has 3 saturated carbocycles. The monoisotopic (exact) mass is 410 g/mol. The molecule has 0 spiro atoms. The minimum Gasteiger partial charge on any atom is -0.508 e. The molecule has 0 bridgehead atoms. The summed E-state index contributed by atoms with van der Waals surface area (Å²) >= 11 is 0. The van der Waals surface area contributed by atoms with E-state index in [0.717, 1.165) is 49.7 Å². The molecule has 5 rings (SSSR count). The number of aryl methyl sites for hydroxylation is 1. The van der Waals surface area contributed by atoms with Crippen LogP contribution in [0, 0.1) is 36.0 Å². The highest BCUT2D eigenvalue weighted by Crippen LogP contribution is 2.65. The molecule has 0 aliphatic heterocycles. The molecule has 1 N–H and O–H groups in total. The number of phenolic OH excluding ortho intramolecular Hbond substituents is 1. The second kappa shape index (κ2) is 6.58. The van der Waals surface area contributed by atoms with Gasteiger partial charge in [0.05, 0.1) is 5.41 Å². The fourth-order valence-electron chi connectivity index (χ4n) is 8.17. The maximum Gasteiger partial charge on any atom is 0.302 e. The number of esters is 1. The van der Waals surface area contributed by atoms with E-state index in [2.05, 4.69) is 19.9 Å². The Morgan fingerprint density at radius 3 is 2.63 bits per heavy atom. The summed E-state index contributed by atoms with van der Waals surface area (Å²) in [6, 6.07) is 4.00. The second-order valence-electron chi connectivity index (χ2n) is 11.0. The molecule has 1 aromatic carbocycles. The average Bonchev–Trinajstić information content (AvgIpc) is 2.96. The van der Waals surface area contributed by atoms with Gasteiger partial charge in [-0.3, -0.25) is 9.59 Å². The Kier molecular flexibility index (Phi) is 4.40. The van der Waals surface area contributed by atoms with Gasteiger partial charge < -0.3 is 9.84 Å². The lowest BCUT2D eigenvalue weighted by Gasteiger charge is -2.59. The molecule has 3 fully saturated rings. The fraction of sp³-hybridized carbons (Fsp3) is 0.692. The average molecular weight is 411 g/mol. The van der Waals surface area contributed by atoms with Crippen molar-refractivity contribution in [3.63, 3.8) is 0 Å². The number of carbonyl (C=O) groups is 2. The third kappa shape index (κ3) is 2.64. The molecule has 4 heteroatoms. The summed E-state index contributed by atoms with van der Waals surface area (Å²) in [6.45, 7) is 8.02. The standard InChI is InChI=1S/C26H34O4/c1-14-9-16-11-21-19-6-5-17-12-18(30-15(2)27)7-8-25(17,3)20(19)13-23(29)26(21,4)24(16)22(28)10-14/h9-10,17-21,28H,5-8,11-13H2,1-4H3/t17-,18-,19-,20-,21+,25+,26+/m1/s1. The maximum atomic E-state index is 13.7. The highest BCUT2D eigenvalue weighted by molar-refractivity contribution is 5.93. The summed E-state index contributed by atoms with van der Waals surface area (Å²) in [5, 5.41) is 10.8. The molecule has 7 atom stereocenters. The quantitative estimate of drug-likeness (QED) is 0.671. The molecule has 0 unspecified atom stereocenters. The van der Waals surface area contributed by atoms with E-state index >= 15 is 0 Å². The van der Waals surface area contributed by atoms with E-state index in [1.807, 2.05) is 13.0 Å². The molecule has 1 aromatic rings. The van der Waals surface area contributed by atoms with Gasteiger partial charge in [0.15, 0.2) is 0 Å². The van der Waals surface area contributed by atoms with E-state index in [1.54, 1.807) is 0 Å². The van der Waals surface area contributed by atoms with Crippen LogP contribution in [-0.2, 0) is 26.2 Å². The van der Waals surface area contributed by atoms with Crippen LogP contribution in [0.2, 0.25) is 0 Å². The first-order chi connectivity index (χ1) is 14.1. The number of carbonyl (C=O) groups excluding carboxylic acids is 2. The van der Waals surface area contributed by atoms with Crippen LogP contribution in [-0.4, -0.2) is 23.0 Å². The van der Waals surface area contributed by atoms with E-state index in [9.17, 15) is 14.7 Å². The zero-order chi connectivity index (χ0) is 21.4. The van der Waals surface area contributed by atoms with Crippen molar-refractivity contribution in [2.24, 2.45) is 29.1 Å². The number of fused-ring (bicyclic) bond motifs is 7. The van der Waals surface area contributed by atoms with Crippen LogP contribution in [0.1, 0.15) is 76.0 Å². The maximum absolute atomic E-state index is 13.7. The van der Waals surface area contributed by atoms with E-state index in [0.29, 0.717) is 35.7 Å². The molecule has 162 valence electrons. The molecule has 0 aromatic heterocycles. The Morgan fingerprint density at radius 1 is 1.13 bits per heavy atom. The van der Waals surface area contributed by atoms with E-state index in [1.165, 1.54) is 12.5 Å². The van der Waals surface area contributed by atoms with Gasteiger partial charge in [-0.1, -0.05) is 13.0 Å². The summed E-state index contributed by atoms with van der Waals surface area (Å²) in [5.74, 6) is 2.17. The summed E-state index contributed by atoms with van der Waals surface area (Å²) in [7, 11) is 0. The van der Waals surface area contributed by atoms with Gasteiger partial charge in [0.25, 0.3) is 0 Å². The van der Waals surface area contributed by atoms with Crippen LogP contribution >= 0.6 is 0 Å². The van der Waals surface area contributed by atoms with E-state index < -0.39 is 5.41 Å². The number of Topliss-reactive ketones (excluding diaryl/α,β-unsaturated/α-hetero) is 1. The van der Waals surface area contributed by atoms with Crippen LogP contribution in [0.3, 0.4) is 0 Å². The van der Waals surface area contributed by atoms with Gasteiger partial charge >= 0.3 is 5.97 Å². The number of aromatic hydroxyl groups is 1. The third-order valence-corrected chi connectivity index (χ3v) is 9.58. The summed E-state index contributed by atoms with van der Waals surface area (Å²) in [5.41, 5.74) is 2.75. The predicted molar refractivity (Wildman–Crippen MR) is 114 cm³/mol. The Bertz CT molecular complexity index is 920. The summed E-state index contributed by atoms with van der Waals surface area (Å²) in [4.78, 5) is 25.2. The van der Waals surface area contributed by atoms with Crippen LogP contribution in [0.15, 0.2) is 12.1 Å². The fourth-order valence-corrected chi connectivity index (χ4v) is 8.17. The van der Waals surface area contributed by atoms with Crippen molar-refractivity contribution in [3.05, 3.63) is 28.8 Å². The lowest BCUT2D eigenvalue weighted by molar-refractivity contribution is -0.160. The number of hydrogen-bond acceptors (Lipinski definition) is 4. The number of rotatable bonds is 1. The second-order valence-corrected chi connectivity index (χ2v) is 11.0. The molecule has 4 nitrogen and oxygen atoms in total. The van der Waals surface area contributed by atoms with Crippen molar-refractivity contribution < 1.29 is 19.4 Å². The van der Waals surface area contributed by atoms with Crippen molar-refractivity contribution in [1.82, 2.24) is 0 Å². The van der Waals surface area contributed by atoms with Gasteiger partial charge in [0.2, 0.25) is 0 Å². The van der Waals surface area contributed by atoms with Gasteiger partial charge in [0.1, 0.15) is 17.6 Å². The zero-order valence-electron chi connectivity index (χ0n) is 18.7. The SMILES string of the molecule is CC(=O)O[C@@H]1CC[C@@]2(C)[C@H](CC[C@@H]3[C@H]2CC(=O)[C@@]2(C)c4c(O)cc(C)cc4C[C@@H]32)C1. The first-order valence-corrected chi connectivity index (χ1v) is 11.7. The number of phenols is 1. The molecule has 0 heterocycles. The smallest absolute Gasteiger partial charge is 0.302 e.